The molecule has 202 valence electrons. The summed E-state index contributed by atoms with van der Waals surface area (Å²) in [5, 5.41) is 2.98. The molecular formula is C28H31Cl2N3O4S. The number of nitrogens with one attached hydrogen (secondary N) is 1. The van der Waals surface area contributed by atoms with Crippen molar-refractivity contribution in [3.05, 3.63) is 93.5 Å². The maximum absolute atomic E-state index is 13.9. The van der Waals surface area contributed by atoms with Crippen molar-refractivity contribution in [2.75, 3.05) is 17.9 Å². The van der Waals surface area contributed by atoms with Crippen molar-refractivity contribution in [1.82, 2.24) is 10.2 Å². The second-order valence-corrected chi connectivity index (χ2v) is 11.7. The number of benzene rings is 3. The highest BCUT2D eigenvalue weighted by Crippen LogP contribution is 2.33. The first-order valence-corrected chi connectivity index (χ1v) is 14.3. The molecule has 38 heavy (non-hydrogen) atoms. The number of hydrogen-bond acceptors (Lipinski definition) is 4. The van der Waals surface area contributed by atoms with Crippen LogP contribution in [0.5, 0.6) is 0 Å². The lowest BCUT2D eigenvalue weighted by Crippen LogP contribution is -2.51. The van der Waals surface area contributed by atoms with Crippen LogP contribution in [0.1, 0.15) is 30.0 Å². The first kappa shape index (κ1) is 29.5. The van der Waals surface area contributed by atoms with Gasteiger partial charge in [0, 0.05) is 18.6 Å². The normalized spacial score (nSPS) is 12.1. The fourth-order valence-corrected chi connectivity index (χ4v) is 5.98. The first-order chi connectivity index (χ1) is 18.0. The molecule has 3 rings (SSSR count). The zero-order valence-electron chi connectivity index (χ0n) is 21.7. The Balaban J connectivity index is 2.11. The molecule has 1 atom stereocenters. The number of nitrogens with zero attached hydrogens (tertiary/aromatic N) is 2. The average molecular weight is 577 g/mol. The molecule has 3 aromatic rings. The van der Waals surface area contributed by atoms with Crippen molar-refractivity contribution in [2.24, 2.45) is 0 Å². The average Bonchev–Trinajstić information content (AvgIpc) is 2.88. The quantitative estimate of drug-likeness (QED) is 0.352. The zero-order chi connectivity index (χ0) is 28.0. The van der Waals surface area contributed by atoms with Gasteiger partial charge in [-0.3, -0.25) is 13.9 Å². The standard InChI is InChI=1S/C28H31Cl2N3O4S/c1-5-25(28(35)31-4)32(17-21-8-6-7-20(3)15-21)27(34)18-33(26-16-22(29)11-14-24(26)30)38(36,37)23-12-9-19(2)10-13-23/h6-16,25H,5,17-18H2,1-4H3,(H,31,35)/t25-/m1/s1. The third kappa shape index (κ3) is 6.87. The highest BCUT2D eigenvalue weighted by molar-refractivity contribution is 7.92. The van der Waals surface area contributed by atoms with Crippen LogP contribution < -0.4 is 9.62 Å². The maximum Gasteiger partial charge on any atom is 0.264 e. The van der Waals surface area contributed by atoms with E-state index in [1.807, 2.05) is 38.1 Å². The van der Waals surface area contributed by atoms with Gasteiger partial charge in [0.1, 0.15) is 12.6 Å². The lowest BCUT2D eigenvalue weighted by Gasteiger charge is -2.33. The molecule has 3 aromatic carbocycles. The van der Waals surface area contributed by atoms with Crippen LogP contribution in [0.25, 0.3) is 0 Å². The Morgan fingerprint density at radius 2 is 1.63 bits per heavy atom. The van der Waals surface area contributed by atoms with Gasteiger partial charge in [0.25, 0.3) is 10.0 Å². The molecule has 0 fully saturated rings. The molecular weight excluding hydrogens is 545 g/mol. The van der Waals surface area contributed by atoms with Crippen molar-refractivity contribution in [1.29, 1.82) is 0 Å². The van der Waals surface area contributed by atoms with Crippen LogP contribution >= 0.6 is 23.2 Å². The van der Waals surface area contributed by atoms with E-state index in [1.54, 1.807) is 19.1 Å². The molecule has 0 heterocycles. The van der Waals surface area contributed by atoms with Crippen LogP contribution in [0, 0.1) is 13.8 Å². The van der Waals surface area contributed by atoms with Gasteiger partial charge in [0.2, 0.25) is 11.8 Å². The van der Waals surface area contributed by atoms with Gasteiger partial charge in [-0.05, 0) is 56.2 Å². The summed E-state index contributed by atoms with van der Waals surface area (Å²) in [5.74, 6) is -0.907. The van der Waals surface area contributed by atoms with E-state index in [9.17, 15) is 18.0 Å². The molecule has 0 aliphatic carbocycles. The number of likely N-dealkylation sites (N-methyl/N-ethyl adjacent to an activating group) is 1. The number of rotatable bonds is 10. The topological polar surface area (TPSA) is 86.8 Å². The van der Waals surface area contributed by atoms with Crippen LogP contribution in [0.2, 0.25) is 10.0 Å². The van der Waals surface area contributed by atoms with Crippen molar-refractivity contribution >= 4 is 50.7 Å². The Bertz CT molecular complexity index is 1410. The van der Waals surface area contributed by atoms with Crippen molar-refractivity contribution in [3.8, 4) is 0 Å². The smallest absolute Gasteiger partial charge is 0.264 e. The molecule has 0 saturated carbocycles. The minimum Gasteiger partial charge on any atom is -0.357 e. The second kappa shape index (κ2) is 12.7. The van der Waals surface area contributed by atoms with Gasteiger partial charge < -0.3 is 10.2 Å². The lowest BCUT2D eigenvalue weighted by atomic mass is 10.1. The van der Waals surface area contributed by atoms with Gasteiger partial charge in [-0.1, -0.05) is 77.7 Å². The second-order valence-electron chi connectivity index (χ2n) is 8.97. The van der Waals surface area contributed by atoms with E-state index in [4.69, 9.17) is 23.2 Å². The lowest BCUT2D eigenvalue weighted by molar-refractivity contribution is -0.140. The number of amides is 2. The summed E-state index contributed by atoms with van der Waals surface area (Å²) in [6.45, 7) is 5.11. The molecule has 0 aromatic heterocycles. The van der Waals surface area contributed by atoms with Gasteiger partial charge in [0.05, 0.1) is 15.6 Å². The summed E-state index contributed by atoms with van der Waals surface area (Å²) >= 11 is 12.6. The number of carbonyl (C=O) groups is 2. The van der Waals surface area contributed by atoms with E-state index < -0.39 is 28.5 Å². The number of anilines is 1. The number of hydrogen-bond donors (Lipinski definition) is 1. The summed E-state index contributed by atoms with van der Waals surface area (Å²) in [6.07, 6.45) is 0.333. The molecule has 1 N–H and O–H groups in total. The largest absolute Gasteiger partial charge is 0.357 e. The van der Waals surface area contributed by atoms with Crippen molar-refractivity contribution in [2.45, 2.75) is 44.7 Å². The third-order valence-electron chi connectivity index (χ3n) is 6.13. The Hall–Kier alpha value is -3.07. The molecule has 7 nitrogen and oxygen atoms in total. The van der Waals surface area contributed by atoms with E-state index >= 15 is 0 Å². The molecule has 0 saturated heterocycles. The van der Waals surface area contributed by atoms with E-state index in [0.717, 1.165) is 21.0 Å². The number of sulfonamides is 1. The number of halogens is 2. The van der Waals surface area contributed by atoms with Gasteiger partial charge >= 0.3 is 0 Å². The van der Waals surface area contributed by atoms with Gasteiger partial charge in [-0.2, -0.15) is 0 Å². The molecule has 0 radical (unpaired) electrons. The van der Waals surface area contributed by atoms with Gasteiger partial charge in [-0.15, -0.1) is 0 Å². The Morgan fingerprint density at radius 1 is 0.947 bits per heavy atom. The fraction of sp³-hybridized carbons (Fsp3) is 0.286. The zero-order valence-corrected chi connectivity index (χ0v) is 24.1. The summed E-state index contributed by atoms with van der Waals surface area (Å²) in [7, 11) is -2.73. The minimum atomic E-state index is -4.23. The summed E-state index contributed by atoms with van der Waals surface area (Å²) < 4.78 is 28.7. The third-order valence-corrected chi connectivity index (χ3v) is 8.46. The van der Waals surface area contributed by atoms with E-state index in [0.29, 0.717) is 6.42 Å². The minimum absolute atomic E-state index is 0.00415. The molecule has 0 spiro atoms. The Labute approximate surface area is 234 Å². The fourth-order valence-electron chi connectivity index (χ4n) is 4.12. The SMILES string of the molecule is CC[C@H](C(=O)NC)N(Cc1cccc(C)c1)C(=O)CN(c1cc(Cl)ccc1Cl)S(=O)(=O)c1ccc(C)cc1. The van der Waals surface area contributed by atoms with Gasteiger partial charge in [-0.25, -0.2) is 8.42 Å². The Kier molecular flexibility index (Phi) is 9.82. The number of carbonyl (C=O) groups excluding carboxylic acids is 2. The predicted molar refractivity (Wildman–Crippen MR) is 152 cm³/mol. The molecule has 0 aliphatic rings. The van der Waals surface area contributed by atoms with Crippen LogP contribution in [-0.2, 0) is 26.2 Å². The van der Waals surface area contributed by atoms with Crippen molar-refractivity contribution < 1.29 is 18.0 Å². The van der Waals surface area contributed by atoms with E-state index in [1.165, 1.54) is 42.3 Å². The monoisotopic (exact) mass is 575 g/mol. The number of aryl methyl sites for hydroxylation is 2. The molecule has 0 bridgehead atoms. The summed E-state index contributed by atoms with van der Waals surface area (Å²) in [4.78, 5) is 28.1. The maximum atomic E-state index is 13.9. The van der Waals surface area contributed by atoms with Crippen molar-refractivity contribution in [3.63, 3.8) is 0 Å². The van der Waals surface area contributed by atoms with Crippen LogP contribution in [-0.4, -0.2) is 44.8 Å². The molecule has 0 aliphatic heterocycles. The molecule has 10 heteroatoms. The van der Waals surface area contributed by atoms with Crippen LogP contribution in [0.3, 0.4) is 0 Å². The van der Waals surface area contributed by atoms with Gasteiger partial charge in [0.15, 0.2) is 0 Å². The molecule has 0 unspecified atom stereocenters. The molecule has 2 amide bonds. The van der Waals surface area contributed by atoms with E-state index in [2.05, 4.69) is 5.32 Å². The first-order valence-electron chi connectivity index (χ1n) is 12.1. The Morgan fingerprint density at radius 3 is 2.24 bits per heavy atom. The van der Waals surface area contributed by atoms with E-state index in [-0.39, 0.29) is 33.1 Å². The highest BCUT2D eigenvalue weighted by atomic mass is 35.5. The van der Waals surface area contributed by atoms with Crippen LogP contribution in [0.4, 0.5) is 5.69 Å². The highest BCUT2D eigenvalue weighted by Gasteiger charge is 2.34. The predicted octanol–water partition coefficient (Wildman–Crippen LogP) is 5.36. The van der Waals surface area contributed by atoms with Crippen LogP contribution in [0.15, 0.2) is 71.6 Å². The summed E-state index contributed by atoms with van der Waals surface area (Å²) in [5.41, 5.74) is 2.76. The summed E-state index contributed by atoms with van der Waals surface area (Å²) in [6, 6.07) is 17.5.